The molecule has 0 aromatic heterocycles. The van der Waals surface area contributed by atoms with E-state index in [1.54, 1.807) is 0 Å². The van der Waals surface area contributed by atoms with Crippen LogP contribution in [0, 0.1) is 0 Å². The topological polar surface area (TPSA) is 129 Å². The van der Waals surface area contributed by atoms with E-state index in [1.807, 2.05) is 4.90 Å². The van der Waals surface area contributed by atoms with Crippen LogP contribution in [-0.4, -0.2) is 67.8 Å². The number of nitrogens with zero attached hydrogens (tertiary/aromatic N) is 1. The van der Waals surface area contributed by atoms with Crippen LogP contribution in [0.2, 0.25) is 0 Å². The van der Waals surface area contributed by atoms with Crippen LogP contribution in [0.15, 0.2) is 0 Å². The standard InChI is InChI=1S/C11H23NO7S2/c1-11(13)5-2-6-12(7-3-9-20(14,15)16)8-4-10-21(17,18)19/h2-10H2,1H3,(H,14,15,16)(H,17,18,19). The van der Waals surface area contributed by atoms with Crippen molar-refractivity contribution in [2.24, 2.45) is 0 Å². The van der Waals surface area contributed by atoms with Gasteiger partial charge in [0.2, 0.25) is 0 Å². The van der Waals surface area contributed by atoms with Gasteiger partial charge >= 0.3 is 0 Å². The first-order valence-corrected chi connectivity index (χ1v) is 9.83. The number of rotatable bonds is 12. The van der Waals surface area contributed by atoms with Gasteiger partial charge in [-0.2, -0.15) is 16.8 Å². The van der Waals surface area contributed by atoms with Gasteiger partial charge in [-0.15, -0.1) is 0 Å². The third kappa shape index (κ3) is 15.7. The predicted octanol–water partition coefficient (Wildman–Crippen LogP) is 0.213. The average molecular weight is 345 g/mol. The summed E-state index contributed by atoms with van der Waals surface area (Å²) in [5.74, 6) is -0.686. The molecule has 0 bridgehead atoms. The van der Waals surface area contributed by atoms with Crippen LogP contribution >= 0.6 is 0 Å². The van der Waals surface area contributed by atoms with Crippen molar-refractivity contribution >= 4 is 26.0 Å². The molecule has 126 valence electrons. The minimum atomic E-state index is -4.01. The van der Waals surface area contributed by atoms with E-state index < -0.39 is 20.2 Å². The highest BCUT2D eigenvalue weighted by atomic mass is 32.2. The summed E-state index contributed by atoms with van der Waals surface area (Å²) in [7, 11) is -8.03. The number of carbonyl (C=O) groups is 1. The van der Waals surface area contributed by atoms with Crippen LogP contribution in [0.25, 0.3) is 0 Å². The van der Waals surface area contributed by atoms with Gasteiger partial charge < -0.3 is 9.69 Å². The number of carbonyl (C=O) groups excluding carboxylic acids is 1. The largest absolute Gasteiger partial charge is 0.303 e. The summed E-state index contributed by atoms with van der Waals surface area (Å²) in [4.78, 5) is 12.7. The molecule has 0 radical (unpaired) electrons. The quantitative estimate of drug-likeness (QED) is 0.480. The first-order chi connectivity index (χ1) is 9.49. The molecule has 0 aliphatic rings. The van der Waals surface area contributed by atoms with Crippen molar-refractivity contribution in [3.05, 3.63) is 0 Å². The highest BCUT2D eigenvalue weighted by Gasteiger charge is 2.11. The molecule has 0 unspecified atom stereocenters. The van der Waals surface area contributed by atoms with Gasteiger partial charge in [-0.25, -0.2) is 0 Å². The maximum Gasteiger partial charge on any atom is 0.264 e. The Morgan fingerprint density at radius 3 is 1.57 bits per heavy atom. The summed E-state index contributed by atoms with van der Waals surface area (Å²) >= 11 is 0. The van der Waals surface area contributed by atoms with Crippen LogP contribution in [-0.2, 0) is 25.0 Å². The van der Waals surface area contributed by atoms with Gasteiger partial charge in [-0.05, 0) is 45.8 Å². The molecule has 0 saturated carbocycles. The predicted molar refractivity (Wildman–Crippen MR) is 78.4 cm³/mol. The molecule has 0 saturated heterocycles. The fraction of sp³-hybridized carbons (Fsp3) is 0.909. The van der Waals surface area contributed by atoms with Gasteiger partial charge in [0.1, 0.15) is 5.78 Å². The maximum absolute atomic E-state index is 10.9. The molecule has 2 N–H and O–H groups in total. The average Bonchev–Trinajstić information content (AvgIpc) is 2.24. The summed E-state index contributed by atoms with van der Waals surface area (Å²) in [5.41, 5.74) is 0. The molecule has 0 spiro atoms. The van der Waals surface area contributed by atoms with Crippen LogP contribution < -0.4 is 0 Å². The van der Waals surface area contributed by atoms with Crippen molar-refractivity contribution in [3.63, 3.8) is 0 Å². The van der Waals surface area contributed by atoms with Crippen LogP contribution in [0.1, 0.15) is 32.6 Å². The molecule has 0 heterocycles. The lowest BCUT2D eigenvalue weighted by Gasteiger charge is -2.21. The Balaban J connectivity index is 4.22. The van der Waals surface area contributed by atoms with Crippen molar-refractivity contribution in [1.29, 1.82) is 0 Å². The lowest BCUT2D eigenvalue weighted by Crippen LogP contribution is -2.30. The first kappa shape index (κ1) is 20.5. The number of hydrogen-bond acceptors (Lipinski definition) is 6. The van der Waals surface area contributed by atoms with E-state index in [0.29, 0.717) is 32.5 Å². The van der Waals surface area contributed by atoms with E-state index in [0.717, 1.165) is 0 Å². The maximum atomic E-state index is 10.9. The summed E-state index contributed by atoms with van der Waals surface area (Å²) in [6.45, 7) is 2.73. The van der Waals surface area contributed by atoms with E-state index in [-0.39, 0.29) is 30.1 Å². The van der Waals surface area contributed by atoms with Gasteiger partial charge in [0, 0.05) is 6.42 Å². The Morgan fingerprint density at radius 1 is 0.857 bits per heavy atom. The van der Waals surface area contributed by atoms with E-state index in [4.69, 9.17) is 9.11 Å². The summed E-state index contributed by atoms with van der Waals surface area (Å²) in [6.07, 6.45) is 1.41. The molecule has 0 aromatic carbocycles. The lowest BCUT2D eigenvalue weighted by molar-refractivity contribution is -0.117. The fourth-order valence-electron chi connectivity index (χ4n) is 1.83. The molecule has 0 atom stereocenters. The lowest BCUT2D eigenvalue weighted by atomic mass is 10.2. The van der Waals surface area contributed by atoms with Gasteiger partial charge in [0.25, 0.3) is 20.2 Å². The Kier molecular flexibility index (Phi) is 9.22. The highest BCUT2D eigenvalue weighted by molar-refractivity contribution is 7.86. The molecule has 0 rings (SSSR count). The second-order valence-corrected chi connectivity index (χ2v) is 8.07. The Bertz CT molecular complexity index is 475. The van der Waals surface area contributed by atoms with Crippen molar-refractivity contribution in [2.45, 2.75) is 32.6 Å². The molecule has 0 amide bonds. The van der Waals surface area contributed by atoms with E-state index in [1.165, 1.54) is 6.92 Å². The van der Waals surface area contributed by atoms with E-state index >= 15 is 0 Å². The normalized spacial score (nSPS) is 12.8. The molecule has 0 aromatic rings. The zero-order valence-corrected chi connectivity index (χ0v) is 13.7. The summed E-state index contributed by atoms with van der Waals surface area (Å²) in [6, 6.07) is 0. The molecule has 21 heavy (non-hydrogen) atoms. The second-order valence-electron chi connectivity index (χ2n) is 4.93. The monoisotopic (exact) mass is 345 g/mol. The zero-order chi connectivity index (χ0) is 16.5. The number of Topliss-reactive ketones (excluding diaryl/α,β-unsaturated/α-hetero) is 1. The molecule has 8 nitrogen and oxygen atoms in total. The zero-order valence-electron chi connectivity index (χ0n) is 12.1. The molecule has 0 aliphatic heterocycles. The molecule has 0 fully saturated rings. The fourth-order valence-corrected chi connectivity index (χ4v) is 2.82. The Labute approximate surface area is 126 Å². The molecular formula is C11H23NO7S2. The Hall–Kier alpha value is -0.550. The van der Waals surface area contributed by atoms with E-state index in [9.17, 15) is 21.6 Å². The van der Waals surface area contributed by atoms with Gasteiger partial charge in [0.05, 0.1) is 11.5 Å². The summed E-state index contributed by atoms with van der Waals surface area (Å²) in [5, 5.41) is 0. The van der Waals surface area contributed by atoms with Crippen LogP contribution in [0.5, 0.6) is 0 Å². The first-order valence-electron chi connectivity index (χ1n) is 6.62. The molecule has 10 heteroatoms. The molecule has 0 aliphatic carbocycles. The number of ketones is 1. The van der Waals surface area contributed by atoms with Gasteiger partial charge in [0.15, 0.2) is 0 Å². The van der Waals surface area contributed by atoms with Crippen molar-refractivity contribution in [2.75, 3.05) is 31.1 Å². The van der Waals surface area contributed by atoms with Crippen molar-refractivity contribution in [1.82, 2.24) is 4.90 Å². The third-order valence-electron chi connectivity index (χ3n) is 2.76. The molecular weight excluding hydrogens is 322 g/mol. The van der Waals surface area contributed by atoms with Crippen molar-refractivity contribution in [3.8, 4) is 0 Å². The third-order valence-corrected chi connectivity index (χ3v) is 4.37. The second kappa shape index (κ2) is 9.46. The van der Waals surface area contributed by atoms with Crippen LogP contribution in [0.3, 0.4) is 0 Å². The van der Waals surface area contributed by atoms with Gasteiger partial charge in [-0.1, -0.05) is 0 Å². The van der Waals surface area contributed by atoms with Crippen molar-refractivity contribution < 1.29 is 30.7 Å². The Morgan fingerprint density at radius 2 is 1.24 bits per heavy atom. The van der Waals surface area contributed by atoms with E-state index in [2.05, 4.69) is 0 Å². The highest BCUT2D eigenvalue weighted by Crippen LogP contribution is 2.02. The van der Waals surface area contributed by atoms with Crippen LogP contribution in [0.4, 0.5) is 0 Å². The smallest absolute Gasteiger partial charge is 0.264 e. The minimum absolute atomic E-state index is 0.0471. The minimum Gasteiger partial charge on any atom is -0.303 e. The SMILES string of the molecule is CC(=O)CCCN(CCCS(=O)(=O)O)CCCS(=O)(=O)O. The summed E-state index contributed by atoms with van der Waals surface area (Å²) < 4.78 is 59.9. The van der Waals surface area contributed by atoms with Gasteiger partial charge in [-0.3, -0.25) is 9.11 Å². The number of hydrogen-bond donors (Lipinski definition) is 2.